The summed E-state index contributed by atoms with van der Waals surface area (Å²) < 4.78 is 13.1. The van der Waals surface area contributed by atoms with Crippen LogP contribution in [-0.4, -0.2) is 22.8 Å². The second-order valence-electron chi connectivity index (χ2n) is 4.34. The lowest BCUT2D eigenvalue weighted by Crippen LogP contribution is -2.28. The number of hydrazine groups is 1. The number of benzene rings is 1. The number of carbonyl (C=O) groups is 1. The number of anilines is 1. The van der Waals surface area contributed by atoms with E-state index < -0.39 is 0 Å². The molecule has 6 heteroatoms. The van der Waals surface area contributed by atoms with E-state index in [0.717, 1.165) is 0 Å². The normalized spacial score (nSPS) is 10.2. The van der Waals surface area contributed by atoms with Crippen LogP contribution in [-0.2, 0) is 6.54 Å². The fourth-order valence-corrected chi connectivity index (χ4v) is 1.88. The summed E-state index contributed by atoms with van der Waals surface area (Å²) in [7, 11) is 1.64. The van der Waals surface area contributed by atoms with Crippen molar-refractivity contribution in [2.75, 3.05) is 12.5 Å². The van der Waals surface area contributed by atoms with Crippen molar-refractivity contribution in [3.05, 3.63) is 59.5 Å². The Bertz CT molecular complexity index is 618. The summed E-state index contributed by atoms with van der Waals surface area (Å²) in [5.74, 6) is 5.07. The number of aromatic nitrogens is 1. The molecule has 20 heavy (non-hydrogen) atoms. The van der Waals surface area contributed by atoms with Gasteiger partial charge in [0.25, 0.3) is 5.91 Å². The number of hydrogen-bond acceptors (Lipinski definition) is 4. The van der Waals surface area contributed by atoms with Gasteiger partial charge in [0.1, 0.15) is 5.82 Å². The molecule has 0 unspecified atom stereocenters. The lowest BCUT2D eigenvalue weighted by atomic mass is 10.2. The summed E-state index contributed by atoms with van der Waals surface area (Å²) in [6.07, 6.45) is 1.54. The van der Waals surface area contributed by atoms with Crippen LogP contribution in [0.4, 0.5) is 10.2 Å². The van der Waals surface area contributed by atoms with Crippen molar-refractivity contribution in [2.45, 2.75) is 6.54 Å². The number of amides is 1. The van der Waals surface area contributed by atoms with E-state index in [1.807, 2.05) is 0 Å². The standard InChI is InChI=1S/C14H15FN4O/c1-19(9-10-4-2-5-11(15)8-10)14(20)12-6-3-7-17-13(12)18-16/h2-8H,9,16H2,1H3,(H,17,18). The number of nitrogens with one attached hydrogen (secondary N) is 1. The zero-order chi connectivity index (χ0) is 14.5. The second kappa shape index (κ2) is 6.12. The van der Waals surface area contributed by atoms with Gasteiger partial charge >= 0.3 is 0 Å². The van der Waals surface area contributed by atoms with Gasteiger partial charge in [0.15, 0.2) is 5.82 Å². The Morgan fingerprint density at radius 2 is 2.20 bits per heavy atom. The van der Waals surface area contributed by atoms with Crippen LogP contribution in [0.5, 0.6) is 0 Å². The average Bonchev–Trinajstić information content (AvgIpc) is 2.46. The zero-order valence-corrected chi connectivity index (χ0v) is 11.0. The van der Waals surface area contributed by atoms with E-state index in [9.17, 15) is 9.18 Å². The predicted octanol–water partition coefficient (Wildman–Crippen LogP) is 1.78. The van der Waals surface area contributed by atoms with E-state index in [-0.39, 0.29) is 11.7 Å². The van der Waals surface area contributed by atoms with Crippen molar-refractivity contribution in [2.24, 2.45) is 5.84 Å². The second-order valence-corrected chi connectivity index (χ2v) is 4.34. The zero-order valence-electron chi connectivity index (χ0n) is 11.0. The third-order valence-corrected chi connectivity index (χ3v) is 2.83. The first-order chi connectivity index (χ1) is 9.61. The summed E-state index contributed by atoms with van der Waals surface area (Å²) in [4.78, 5) is 17.8. The fourth-order valence-electron chi connectivity index (χ4n) is 1.88. The van der Waals surface area contributed by atoms with Crippen molar-refractivity contribution in [3.63, 3.8) is 0 Å². The highest BCUT2D eigenvalue weighted by atomic mass is 19.1. The highest BCUT2D eigenvalue weighted by Crippen LogP contribution is 2.14. The largest absolute Gasteiger partial charge is 0.337 e. The van der Waals surface area contributed by atoms with Crippen LogP contribution in [0.15, 0.2) is 42.6 Å². The van der Waals surface area contributed by atoms with Gasteiger partial charge in [0, 0.05) is 19.8 Å². The van der Waals surface area contributed by atoms with Crippen LogP contribution in [0.1, 0.15) is 15.9 Å². The molecule has 0 saturated heterocycles. The van der Waals surface area contributed by atoms with E-state index in [1.165, 1.54) is 17.0 Å². The summed E-state index contributed by atoms with van der Waals surface area (Å²) in [5.41, 5.74) is 3.47. The number of nitrogens with two attached hydrogens (primary N) is 1. The molecule has 3 N–H and O–H groups in total. The van der Waals surface area contributed by atoms with Gasteiger partial charge in [-0.1, -0.05) is 12.1 Å². The number of nitrogens with zero attached hydrogens (tertiary/aromatic N) is 2. The smallest absolute Gasteiger partial charge is 0.257 e. The summed E-state index contributed by atoms with van der Waals surface area (Å²) in [5, 5.41) is 0. The molecule has 5 nitrogen and oxygen atoms in total. The molecule has 0 spiro atoms. The SMILES string of the molecule is CN(Cc1cccc(F)c1)C(=O)c1cccnc1NN. The number of rotatable bonds is 4. The minimum absolute atomic E-state index is 0.240. The first-order valence-electron chi connectivity index (χ1n) is 6.03. The van der Waals surface area contributed by atoms with Crippen LogP contribution in [0.25, 0.3) is 0 Å². The van der Waals surface area contributed by atoms with Gasteiger partial charge in [-0.3, -0.25) is 4.79 Å². The molecule has 0 aliphatic rings. The van der Waals surface area contributed by atoms with Gasteiger partial charge < -0.3 is 10.3 Å². The van der Waals surface area contributed by atoms with E-state index in [4.69, 9.17) is 5.84 Å². The van der Waals surface area contributed by atoms with Crippen molar-refractivity contribution < 1.29 is 9.18 Å². The summed E-state index contributed by atoms with van der Waals surface area (Å²) >= 11 is 0. The third-order valence-electron chi connectivity index (χ3n) is 2.83. The van der Waals surface area contributed by atoms with Crippen molar-refractivity contribution in [1.82, 2.24) is 9.88 Å². The van der Waals surface area contributed by atoms with Gasteiger partial charge in [-0.25, -0.2) is 15.2 Å². The van der Waals surface area contributed by atoms with E-state index in [2.05, 4.69) is 10.4 Å². The minimum Gasteiger partial charge on any atom is -0.337 e. The quantitative estimate of drug-likeness (QED) is 0.658. The molecular weight excluding hydrogens is 259 g/mol. The Balaban J connectivity index is 2.16. The number of hydrogen-bond donors (Lipinski definition) is 2. The Labute approximate surface area is 116 Å². The van der Waals surface area contributed by atoms with Crippen LogP contribution < -0.4 is 11.3 Å². The van der Waals surface area contributed by atoms with Crippen LogP contribution in [0.3, 0.4) is 0 Å². The number of halogens is 1. The summed E-state index contributed by atoms with van der Waals surface area (Å²) in [6.45, 7) is 0.301. The van der Waals surface area contributed by atoms with Gasteiger partial charge in [-0.15, -0.1) is 0 Å². The number of carbonyl (C=O) groups excluding carboxylic acids is 1. The highest BCUT2D eigenvalue weighted by Gasteiger charge is 2.16. The first kappa shape index (κ1) is 14.0. The van der Waals surface area contributed by atoms with Crippen LogP contribution in [0, 0.1) is 5.82 Å². The van der Waals surface area contributed by atoms with Crippen molar-refractivity contribution in [1.29, 1.82) is 0 Å². The number of pyridine rings is 1. The molecule has 0 aliphatic carbocycles. The molecule has 1 aromatic carbocycles. The molecule has 0 aliphatic heterocycles. The monoisotopic (exact) mass is 274 g/mol. The third kappa shape index (κ3) is 3.10. The van der Waals surface area contributed by atoms with Crippen LogP contribution >= 0.6 is 0 Å². The Morgan fingerprint density at radius 3 is 2.90 bits per heavy atom. The van der Waals surface area contributed by atoms with Crippen molar-refractivity contribution in [3.8, 4) is 0 Å². The molecule has 104 valence electrons. The van der Waals surface area contributed by atoms with E-state index >= 15 is 0 Å². The molecule has 1 aromatic heterocycles. The maximum Gasteiger partial charge on any atom is 0.257 e. The molecule has 2 rings (SSSR count). The van der Waals surface area contributed by atoms with Crippen molar-refractivity contribution >= 4 is 11.7 Å². The Kier molecular flexibility index (Phi) is 4.27. The first-order valence-corrected chi connectivity index (χ1v) is 6.03. The van der Waals surface area contributed by atoms with Crippen LogP contribution in [0.2, 0.25) is 0 Å². The molecule has 0 bridgehead atoms. The fraction of sp³-hybridized carbons (Fsp3) is 0.143. The average molecular weight is 274 g/mol. The minimum atomic E-state index is -0.325. The maximum absolute atomic E-state index is 13.1. The Morgan fingerprint density at radius 1 is 1.40 bits per heavy atom. The van der Waals surface area contributed by atoms with Gasteiger partial charge in [-0.05, 0) is 29.8 Å². The molecular formula is C14H15FN4O. The molecule has 0 atom stereocenters. The highest BCUT2D eigenvalue weighted by molar-refractivity contribution is 5.98. The lowest BCUT2D eigenvalue weighted by molar-refractivity contribution is 0.0785. The van der Waals surface area contributed by atoms with Gasteiger partial charge in [-0.2, -0.15) is 0 Å². The molecule has 2 aromatic rings. The van der Waals surface area contributed by atoms with E-state index in [1.54, 1.807) is 37.5 Å². The Hall–Kier alpha value is -2.47. The van der Waals surface area contributed by atoms with E-state index in [0.29, 0.717) is 23.5 Å². The lowest BCUT2D eigenvalue weighted by Gasteiger charge is -2.18. The maximum atomic E-state index is 13.1. The molecule has 1 heterocycles. The molecule has 0 radical (unpaired) electrons. The molecule has 0 fully saturated rings. The summed E-state index contributed by atoms with van der Waals surface area (Å²) in [6, 6.07) is 9.42. The molecule has 1 amide bonds. The van der Waals surface area contributed by atoms with Gasteiger partial charge in [0.05, 0.1) is 5.56 Å². The number of nitrogen functional groups attached to an aromatic ring is 1. The predicted molar refractivity (Wildman–Crippen MR) is 74.2 cm³/mol. The topological polar surface area (TPSA) is 71.2 Å². The van der Waals surface area contributed by atoms with Gasteiger partial charge in [0.2, 0.25) is 0 Å². The molecule has 0 saturated carbocycles.